The summed E-state index contributed by atoms with van der Waals surface area (Å²) in [6, 6.07) is 6.20. The van der Waals surface area contributed by atoms with Crippen LogP contribution < -0.4 is 4.90 Å². The van der Waals surface area contributed by atoms with E-state index in [0.717, 1.165) is 42.6 Å². The van der Waals surface area contributed by atoms with Gasteiger partial charge in [-0.3, -0.25) is 9.58 Å². The number of aliphatic hydroxyl groups is 1. The van der Waals surface area contributed by atoms with Crippen molar-refractivity contribution in [3.8, 4) is 11.1 Å². The summed E-state index contributed by atoms with van der Waals surface area (Å²) in [5.41, 5.74) is 4.70. The molecule has 5 heterocycles. The maximum atomic E-state index is 9.74. The summed E-state index contributed by atoms with van der Waals surface area (Å²) in [7, 11) is 1.94. The van der Waals surface area contributed by atoms with E-state index in [4.69, 9.17) is 0 Å². The number of piperazine rings is 1. The molecule has 1 N–H and O–H groups in total. The van der Waals surface area contributed by atoms with E-state index in [1.54, 1.807) is 0 Å². The minimum atomic E-state index is -0.0751. The quantitative estimate of drug-likeness (QED) is 0.754. The van der Waals surface area contributed by atoms with Crippen molar-refractivity contribution in [1.29, 1.82) is 0 Å². The molecule has 2 saturated heterocycles. The molecule has 2 aliphatic heterocycles. The van der Waals surface area contributed by atoms with Crippen LogP contribution in [-0.2, 0) is 7.05 Å². The zero-order valence-electron chi connectivity index (χ0n) is 16.1. The fourth-order valence-corrected chi connectivity index (χ4v) is 5.53. The zero-order chi connectivity index (χ0) is 18.8. The van der Waals surface area contributed by atoms with Gasteiger partial charge in [0.2, 0.25) is 0 Å². The summed E-state index contributed by atoms with van der Waals surface area (Å²) in [6.45, 7) is 2.13. The van der Waals surface area contributed by atoms with E-state index in [1.807, 2.05) is 34.8 Å². The van der Waals surface area contributed by atoms with Gasteiger partial charge in [-0.2, -0.15) is 10.2 Å². The minimum absolute atomic E-state index is 0.0751. The fourth-order valence-electron chi connectivity index (χ4n) is 5.53. The molecule has 0 amide bonds. The van der Waals surface area contributed by atoms with Gasteiger partial charge < -0.3 is 10.0 Å². The third kappa shape index (κ3) is 2.49. The topological polar surface area (TPSA) is 61.8 Å². The summed E-state index contributed by atoms with van der Waals surface area (Å²) < 4.78 is 3.83. The molecule has 3 aromatic rings. The predicted octanol–water partition coefficient (Wildman–Crippen LogP) is 1.91. The van der Waals surface area contributed by atoms with Gasteiger partial charge in [0.1, 0.15) is 0 Å². The Kier molecular flexibility index (Phi) is 3.58. The van der Waals surface area contributed by atoms with Crippen LogP contribution in [-0.4, -0.2) is 66.7 Å². The molecule has 3 aliphatic rings. The van der Waals surface area contributed by atoms with Gasteiger partial charge in [-0.1, -0.05) is 0 Å². The van der Waals surface area contributed by atoms with Crippen molar-refractivity contribution in [2.75, 3.05) is 18.0 Å². The first-order valence-electron chi connectivity index (χ1n) is 10.3. The molecule has 1 unspecified atom stereocenters. The van der Waals surface area contributed by atoms with Crippen LogP contribution >= 0.6 is 0 Å². The summed E-state index contributed by atoms with van der Waals surface area (Å²) in [5, 5.41) is 18.6. The number of nitrogens with zero attached hydrogens (tertiary/aromatic N) is 6. The van der Waals surface area contributed by atoms with Gasteiger partial charge in [0.15, 0.2) is 0 Å². The normalized spacial score (nSPS) is 30.1. The molecule has 7 heteroatoms. The molecule has 146 valence electrons. The first kappa shape index (κ1) is 16.6. The largest absolute Gasteiger partial charge is 0.393 e. The van der Waals surface area contributed by atoms with Crippen molar-refractivity contribution < 1.29 is 5.11 Å². The molecule has 3 fully saturated rings. The van der Waals surface area contributed by atoms with Gasteiger partial charge >= 0.3 is 0 Å². The van der Waals surface area contributed by atoms with E-state index in [1.165, 1.54) is 18.5 Å². The monoisotopic (exact) mass is 378 g/mol. The minimum Gasteiger partial charge on any atom is -0.393 e. The van der Waals surface area contributed by atoms with Crippen molar-refractivity contribution in [1.82, 2.24) is 24.3 Å². The van der Waals surface area contributed by atoms with Gasteiger partial charge in [0, 0.05) is 68.0 Å². The average Bonchev–Trinajstić information content (AvgIpc) is 3.34. The van der Waals surface area contributed by atoms with E-state index in [2.05, 4.69) is 38.3 Å². The van der Waals surface area contributed by atoms with Crippen molar-refractivity contribution in [2.45, 2.75) is 49.9 Å². The Morgan fingerprint density at radius 1 is 1.00 bits per heavy atom. The van der Waals surface area contributed by atoms with Crippen LogP contribution in [0.5, 0.6) is 0 Å². The number of aromatic nitrogens is 4. The second-order valence-electron chi connectivity index (χ2n) is 8.69. The lowest BCUT2D eigenvalue weighted by Crippen LogP contribution is -2.60. The van der Waals surface area contributed by atoms with E-state index >= 15 is 0 Å². The molecule has 1 aliphatic carbocycles. The third-order valence-corrected chi connectivity index (χ3v) is 6.91. The lowest BCUT2D eigenvalue weighted by Gasteiger charge is -2.50. The van der Waals surface area contributed by atoms with Crippen LogP contribution in [0.3, 0.4) is 0 Å². The van der Waals surface area contributed by atoms with Crippen molar-refractivity contribution >= 4 is 11.2 Å². The zero-order valence-corrected chi connectivity index (χ0v) is 16.1. The Morgan fingerprint density at radius 2 is 1.79 bits per heavy atom. The lowest BCUT2D eigenvalue weighted by molar-refractivity contribution is -0.0245. The van der Waals surface area contributed by atoms with Crippen LogP contribution in [0, 0.1) is 0 Å². The number of aryl methyl sites for hydroxylation is 1. The van der Waals surface area contributed by atoms with Gasteiger partial charge in [0.25, 0.3) is 0 Å². The average molecular weight is 378 g/mol. The van der Waals surface area contributed by atoms with Crippen molar-refractivity contribution in [3.63, 3.8) is 0 Å². The Bertz CT molecular complexity index is 1010. The highest BCUT2D eigenvalue weighted by Gasteiger charge is 2.46. The maximum absolute atomic E-state index is 9.74. The molecule has 0 spiro atoms. The molecule has 2 atom stereocenters. The number of fused-ring (bicyclic) bond motifs is 3. The standard InChI is InChI=1S/C21H26N6O/c1-24-10-15(9-23-24)14-6-21-20(4-5-22-26(21)11-14)25-12-16-2-3-17(13-25)27(16)18-7-19(28)8-18/h4-6,9-11,16-19,28H,2-3,7-8,12-13H2,1H3/t16-,17?,18?,19?/m1/s1. The Balaban J connectivity index is 1.31. The van der Waals surface area contributed by atoms with E-state index in [9.17, 15) is 5.11 Å². The number of hydrogen-bond acceptors (Lipinski definition) is 5. The highest BCUT2D eigenvalue weighted by atomic mass is 16.3. The molecule has 3 aromatic heterocycles. The summed E-state index contributed by atoms with van der Waals surface area (Å²) in [6.07, 6.45) is 12.3. The van der Waals surface area contributed by atoms with E-state index < -0.39 is 0 Å². The molecule has 0 aromatic carbocycles. The second-order valence-corrected chi connectivity index (χ2v) is 8.69. The van der Waals surface area contributed by atoms with Gasteiger partial charge in [-0.15, -0.1) is 0 Å². The molecule has 1 saturated carbocycles. The van der Waals surface area contributed by atoms with Crippen LogP contribution in [0.1, 0.15) is 25.7 Å². The predicted molar refractivity (Wildman–Crippen MR) is 107 cm³/mol. The highest BCUT2D eigenvalue weighted by Crippen LogP contribution is 2.40. The van der Waals surface area contributed by atoms with Gasteiger partial charge in [-0.25, -0.2) is 4.52 Å². The Morgan fingerprint density at radius 3 is 2.46 bits per heavy atom. The first-order chi connectivity index (χ1) is 13.7. The van der Waals surface area contributed by atoms with Crippen LogP contribution in [0.15, 0.2) is 36.9 Å². The summed E-state index contributed by atoms with van der Waals surface area (Å²) >= 11 is 0. The van der Waals surface area contributed by atoms with Gasteiger partial charge in [-0.05, 0) is 37.8 Å². The number of rotatable bonds is 3. The van der Waals surface area contributed by atoms with E-state index in [-0.39, 0.29) is 6.10 Å². The second kappa shape index (κ2) is 6.06. The van der Waals surface area contributed by atoms with Crippen molar-refractivity contribution in [3.05, 3.63) is 36.9 Å². The Hall–Kier alpha value is -2.38. The molecule has 2 bridgehead atoms. The molecule has 28 heavy (non-hydrogen) atoms. The number of hydrogen-bond donors (Lipinski definition) is 1. The van der Waals surface area contributed by atoms with E-state index in [0.29, 0.717) is 18.1 Å². The molecule has 6 rings (SSSR count). The third-order valence-electron chi connectivity index (χ3n) is 6.91. The Labute approximate surface area is 164 Å². The summed E-state index contributed by atoms with van der Waals surface area (Å²) in [5.74, 6) is 0. The van der Waals surface area contributed by atoms with Crippen molar-refractivity contribution in [2.24, 2.45) is 7.05 Å². The number of anilines is 1. The molecule has 0 radical (unpaired) electrons. The van der Waals surface area contributed by atoms with Crippen LogP contribution in [0.4, 0.5) is 5.69 Å². The SMILES string of the molecule is Cn1cc(-c2cc3c(N4CC5CC[C@H](C4)N5C4CC(O)C4)ccnn3c2)cn1. The first-order valence-corrected chi connectivity index (χ1v) is 10.3. The fraction of sp³-hybridized carbons (Fsp3) is 0.524. The lowest BCUT2D eigenvalue weighted by atomic mass is 9.86. The van der Waals surface area contributed by atoms with Gasteiger partial charge in [0.05, 0.1) is 23.5 Å². The smallest absolute Gasteiger partial charge is 0.0886 e. The van der Waals surface area contributed by atoms with Crippen LogP contribution in [0.25, 0.3) is 16.6 Å². The van der Waals surface area contributed by atoms with Crippen LogP contribution in [0.2, 0.25) is 0 Å². The molecular weight excluding hydrogens is 352 g/mol. The number of aliphatic hydroxyl groups excluding tert-OH is 1. The summed E-state index contributed by atoms with van der Waals surface area (Å²) in [4.78, 5) is 5.28. The highest BCUT2D eigenvalue weighted by molar-refractivity contribution is 5.79. The maximum Gasteiger partial charge on any atom is 0.0886 e. The molecule has 7 nitrogen and oxygen atoms in total. The molecular formula is C21H26N6O.